The van der Waals surface area contributed by atoms with E-state index in [1.807, 2.05) is 0 Å². The molecule has 7 nitrogen and oxygen atoms in total. The third-order valence-corrected chi connectivity index (χ3v) is 5.91. The zero-order valence-corrected chi connectivity index (χ0v) is 13.1. The van der Waals surface area contributed by atoms with Crippen LogP contribution in [0.2, 0.25) is 0 Å². The Kier molecular flexibility index (Phi) is 4.50. The molecule has 0 aliphatic carbocycles. The summed E-state index contributed by atoms with van der Waals surface area (Å²) < 4.78 is 34.2. The quantitative estimate of drug-likeness (QED) is 0.769. The number of H-pyrrole nitrogens is 1. The number of carbonyl (C=O) groups excluding carboxylic acids is 1. The second-order valence-corrected chi connectivity index (χ2v) is 8.76. The van der Waals surface area contributed by atoms with E-state index in [-0.39, 0.29) is 22.3 Å². The Hall–Kier alpha value is -0.930. The van der Waals surface area contributed by atoms with E-state index < -0.39 is 25.8 Å². The molecular formula is C10H14ClN3O4S2. The molecule has 1 fully saturated rings. The topological polar surface area (TPSA) is 109 Å². The largest absolute Gasteiger partial charge is 0.348 e. The molecule has 0 spiro atoms. The summed E-state index contributed by atoms with van der Waals surface area (Å²) in [6, 6.07) is -0.122. The zero-order chi connectivity index (χ0) is 14.9. The molecule has 2 N–H and O–H groups in total. The van der Waals surface area contributed by atoms with Gasteiger partial charge in [-0.05, 0) is 19.8 Å². The number of hydrogen-bond acceptors (Lipinski definition) is 5. The lowest BCUT2D eigenvalue weighted by molar-refractivity contribution is 0.0926. The first-order chi connectivity index (χ1) is 9.29. The molecule has 112 valence electrons. The zero-order valence-electron chi connectivity index (χ0n) is 10.7. The van der Waals surface area contributed by atoms with E-state index in [9.17, 15) is 17.4 Å². The molecule has 0 saturated carbocycles. The molecular weight excluding hydrogens is 326 g/mol. The molecule has 1 saturated heterocycles. The molecule has 20 heavy (non-hydrogen) atoms. The molecule has 1 aromatic heterocycles. The van der Waals surface area contributed by atoms with Gasteiger partial charge < -0.3 is 5.32 Å². The Balaban J connectivity index is 2.16. The highest BCUT2D eigenvalue weighted by molar-refractivity contribution is 8.13. The SMILES string of the molecule is Cc1[nH]nc(C(=O)NC2CCS(=O)CC2)c1S(=O)(=O)Cl. The van der Waals surface area contributed by atoms with Crippen molar-refractivity contribution in [2.24, 2.45) is 0 Å². The number of aromatic nitrogens is 2. The first-order valence-electron chi connectivity index (χ1n) is 5.94. The average Bonchev–Trinajstić information content (AvgIpc) is 2.74. The third-order valence-electron chi connectivity index (χ3n) is 3.07. The van der Waals surface area contributed by atoms with Crippen LogP contribution in [0.1, 0.15) is 29.0 Å². The smallest absolute Gasteiger partial charge is 0.273 e. The van der Waals surface area contributed by atoms with Gasteiger partial charge in [-0.1, -0.05) is 0 Å². The fourth-order valence-corrected chi connectivity index (χ4v) is 4.71. The Morgan fingerprint density at radius 1 is 1.45 bits per heavy atom. The van der Waals surface area contributed by atoms with E-state index in [0.29, 0.717) is 24.3 Å². The van der Waals surface area contributed by atoms with Gasteiger partial charge in [-0.2, -0.15) is 5.10 Å². The number of aromatic amines is 1. The van der Waals surface area contributed by atoms with Crippen LogP contribution < -0.4 is 5.32 Å². The van der Waals surface area contributed by atoms with Crippen molar-refractivity contribution >= 4 is 36.4 Å². The number of amides is 1. The molecule has 0 aromatic carbocycles. The van der Waals surface area contributed by atoms with Gasteiger partial charge in [-0.3, -0.25) is 14.1 Å². The predicted octanol–water partition coefficient (Wildman–Crippen LogP) is 0.287. The molecule has 1 aromatic rings. The summed E-state index contributed by atoms with van der Waals surface area (Å²) >= 11 is 0. The summed E-state index contributed by atoms with van der Waals surface area (Å²) in [4.78, 5) is 11.8. The second kappa shape index (κ2) is 5.82. The Morgan fingerprint density at radius 3 is 2.60 bits per heavy atom. The van der Waals surface area contributed by atoms with Crippen LogP contribution in [0.25, 0.3) is 0 Å². The van der Waals surface area contributed by atoms with Crippen LogP contribution in [0.15, 0.2) is 4.90 Å². The highest BCUT2D eigenvalue weighted by atomic mass is 35.7. The minimum atomic E-state index is -4.05. The van der Waals surface area contributed by atoms with Crippen LogP contribution in [0.3, 0.4) is 0 Å². The summed E-state index contributed by atoms with van der Waals surface area (Å²) in [5.41, 5.74) is -0.0147. The van der Waals surface area contributed by atoms with E-state index in [4.69, 9.17) is 10.7 Å². The number of rotatable bonds is 3. The van der Waals surface area contributed by atoms with Crippen molar-refractivity contribution in [2.75, 3.05) is 11.5 Å². The van der Waals surface area contributed by atoms with Gasteiger partial charge in [0.2, 0.25) is 0 Å². The Morgan fingerprint density at radius 2 is 2.05 bits per heavy atom. The number of carbonyl (C=O) groups is 1. The summed E-state index contributed by atoms with van der Waals surface area (Å²) in [6.07, 6.45) is 1.20. The van der Waals surface area contributed by atoms with Gasteiger partial charge in [-0.25, -0.2) is 8.42 Å². The minimum absolute atomic E-state index is 0.122. The van der Waals surface area contributed by atoms with Crippen LogP contribution >= 0.6 is 10.7 Å². The summed E-state index contributed by atoms with van der Waals surface area (Å²) in [7, 11) is 0.437. The molecule has 1 aliphatic heterocycles. The average molecular weight is 340 g/mol. The van der Waals surface area contributed by atoms with Crippen molar-refractivity contribution in [3.63, 3.8) is 0 Å². The van der Waals surface area contributed by atoms with E-state index in [2.05, 4.69) is 15.5 Å². The Labute approximate surface area is 123 Å². The molecule has 0 radical (unpaired) electrons. The summed E-state index contributed by atoms with van der Waals surface area (Å²) in [6.45, 7) is 1.47. The molecule has 10 heteroatoms. The maximum atomic E-state index is 12.1. The number of nitrogens with one attached hydrogen (secondary N) is 2. The van der Waals surface area contributed by atoms with Gasteiger partial charge in [-0.15, -0.1) is 0 Å². The minimum Gasteiger partial charge on any atom is -0.348 e. The van der Waals surface area contributed by atoms with Crippen molar-refractivity contribution in [3.8, 4) is 0 Å². The van der Waals surface area contributed by atoms with Gasteiger partial charge in [0.25, 0.3) is 15.0 Å². The molecule has 0 bridgehead atoms. The molecule has 0 unspecified atom stereocenters. The van der Waals surface area contributed by atoms with Crippen molar-refractivity contribution in [2.45, 2.75) is 30.7 Å². The van der Waals surface area contributed by atoms with E-state index in [1.165, 1.54) is 6.92 Å². The number of hydrogen-bond donors (Lipinski definition) is 2. The maximum absolute atomic E-state index is 12.1. The standard InChI is InChI=1S/C10H14ClN3O4S2/c1-6-9(20(11,17)18)8(14-13-6)10(15)12-7-2-4-19(16)5-3-7/h7H,2-5H2,1H3,(H,12,15)(H,13,14). The molecule has 2 rings (SSSR count). The van der Waals surface area contributed by atoms with Gasteiger partial charge in [0.1, 0.15) is 4.90 Å². The number of nitrogens with zero attached hydrogens (tertiary/aromatic N) is 1. The highest BCUT2D eigenvalue weighted by Gasteiger charge is 2.28. The van der Waals surface area contributed by atoms with Crippen molar-refractivity contribution < 1.29 is 17.4 Å². The number of aryl methyl sites for hydroxylation is 1. The van der Waals surface area contributed by atoms with Crippen LogP contribution in [0, 0.1) is 6.92 Å². The fourth-order valence-electron chi connectivity index (χ4n) is 2.06. The van der Waals surface area contributed by atoms with Gasteiger partial charge >= 0.3 is 0 Å². The van der Waals surface area contributed by atoms with Crippen LogP contribution in [-0.2, 0) is 19.9 Å². The third kappa shape index (κ3) is 3.39. The van der Waals surface area contributed by atoms with Crippen molar-refractivity contribution in [3.05, 3.63) is 11.4 Å². The van der Waals surface area contributed by atoms with Crippen molar-refractivity contribution in [1.29, 1.82) is 0 Å². The van der Waals surface area contributed by atoms with E-state index in [0.717, 1.165) is 0 Å². The summed E-state index contributed by atoms with van der Waals surface area (Å²) in [5, 5.41) is 8.85. The van der Waals surface area contributed by atoms with Crippen molar-refractivity contribution in [1.82, 2.24) is 15.5 Å². The lowest BCUT2D eigenvalue weighted by Crippen LogP contribution is -2.40. The van der Waals surface area contributed by atoms with Gasteiger partial charge in [0.05, 0.1) is 5.69 Å². The second-order valence-electron chi connectivity index (χ2n) is 4.56. The Bertz CT molecular complexity index is 645. The maximum Gasteiger partial charge on any atom is 0.273 e. The number of halogens is 1. The highest BCUT2D eigenvalue weighted by Crippen LogP contribution is 2.22. The molecule has 2 heterocycles. The lowest BCUT2D eigenvalue weighted by atomic mass is 10.1. The van der Waals surface area contributed by atoms with E-state index in [1.54, 1.807) is 0 Å². The monoisotopic (exact) mass is 339 g/mol. The first-order valence-corrected chi connectivity index (χ1v) is 9.74. The molecule has 1 aliphatic rings. The predicted molar refractivity (Wildman–Crippen MR) is 74.7 cm³/mol. The fraction of sp³-hybridized carbons (Fsp3) is 0.600. The summed E-state index contributed by atoms with van der Waals surface area (Å²) in [5.74, 6) is 0.474. The van der Waals surface area contributed by atoms with Crippen LogP contribution in [0.5, 0.6) is 0 Å². The molecule has 1 amide bonds. The van der Waals surface area contributed by atoms with Gasteiger partial charge in [0.15, 0.2) is 5.69 Å². The lowest BCUT2D eigenvalue weighted by Gasteiger charge is -2.22. The first kappa shape index (κ1) is 15.5. The van der Waals surface area contributed by atoms with Gasteiger partial charge in [0, 0.05) is 39.0 Å². The van der Waals surface area contributed by atoms with Crippen LogP contribution in [-0.4, -0.2) is 46.3 Å². The molecule has 0 atom stereocenters. The van der Waals surface area contributed by atoms with Crippen LogP contribution in [0.4, 0.5) is 0 Å². The van der Waals surface area contributed by atoms with E-state index >= 15 is 0 Å². The normalized spacial score (nSPS) is 23.5.